The molecule has 4 heteroatoms. The molecule has 1 aliphatic heterocycles. The molecule has 4 nitrogen and oxygen atoms in total. The average Bonchev–Trinajstić information content (AvgIpc) is 2.85. The molecule has 1 fully saturated rings. The predicted molar refractivity (Wildman–Crippen MR) is 80.5 cm³/mol. The van der Waals surface area contributed by atoms with Gasteiger partial charge in [-0.25, -0.2) is 0 Å². The van der Waals surface area contributed by atoms with Crippen molar-refractivity contribution in [3.8, 4) is 0 Å². The van der Waals surface area contributed by atoms with Crippen molar-refractivity contribution < 1.29 is 9.59 Å². The van der Waals surface area contributed by atoms with Gasteiger partial charge >= 0.3 is 0 Å². The molecule has 1 atom stereocenters. The molecule has 1 unspecified atom stereocenters. The number of nitrogens with one attached hydrogen (secondary N) is 1. The van der Waals surface area contributed by atoms with Gasteiger partial charge in [0, 0.05) is 25.4 Å². The molecular weight excluding hydrogens is 264 g/mol. The van der Waals surface area contributed by atoms with Gasteiger partial charge in [-0.15, -0.1) is 0 Å². The van der Waals surface area contributed by atoms with Crippen LogP contribution in [0.15, 0.2) is 36.9 Å². The minimum Gasteiger partial charge on any atom is -0.349 e. The highest BCUT2D eigenvalue weighted by molar-refractivity contribution is 5.87. The van der Waals surface area contributed by atoms with E-state index in [-0.39, 0.29) is 23.8 Å². The molecule has 110 valence electrons. The standard InChI is InChI=1S/C17H20N2O2/c1-2-17(21)19-10-12(11-19)9-16(20)18-15-8-7-13-5-3-4-6-14(13)15/h2-6,12,15H,1,7-11H2,(H,18,20). The first-order valence-corrected chi connectivity index (χ1v) is 7.46. The Kier molecular flexibility index (Phi) is 3.78. The maximum Gasteiger partial charge on any atom is 0.245 e. The minimum absolute atomic E-state index is 0.0450. The summed E-state index contributed by atoms with van der Waals surface area (Å²) in [7, 11) is 0. The largest absolute Gasteiger partial charge is 0.349 e. The number of fused-ring (bicyclic) bond motifs is 1. The van der Waals surface area contributed by atoms with E-state index in [0.717, 1.165) is 12.8 Å². The van der Waals surface area contributed by atoms with E-state index in [4.69, 9.17) is 0 Å². The number of hydrogen-bond donors (Lipinski definition) is 1. The summed E-state index contributed by atoms with van der Waals surface area (Å²) in [5, 5.41) is 3.13. The molecule has 1 N–H and O–H groups in total. The molecule has 0 bridgehead atoms. The molecule has 0 aromatic heterocycles. The van der Waals surface area contributed by atoms with Crippen LogP contribution in [0.25, 0.3) is 0 Å². The van der Waals surface area contributed by atoms with Crippen LogP contribution in [0.3, 0.4) is 0 Å². The van der Waals surface area contributed by atoms with Crippen molar-refractivity contribution in [1.29, 1.82) is 0 Å². The fourth-order valence-electron chi connectivity index (χ4n) is 3.23. The lowest BCUT2D eigenvalue weighted by Gasteiger charge is -2.38. The number of likely N-dealkylation sites (tertiary alicyclic amines) is 1. The third kappa shape index (κ3) is 2.84. The van der Waals surface area contributed by atoms with Crippen LogP contribution in [-0.2, 0) is 16.0 Å². The SMILES string of the molecule is C=CC(=O)N1CC(CC(=O)NC2CCc3ccccc32)C1. The Labute approximate surface area is 124 Å². The summed E-state index contributed by atoms with van der Waals surface area (Å²) >= 11 is 0. The first-order valence-electron chi connectivity index (χ1n) is 7.46. The van der Waals surface area contributed by atoms with Crippen LogP contribution in [0.2, 0.25) is 0 Å². The molecule has 1 aliphatic carbocycles. The second-order valence-corrected chi connectivity index (χ2v) is 5.88. The number of amides is 2. The molecule has 1 saturated heterocycles. The van der Waals surface area contributed by atoms with Crippen molar-refractivity contribution >= 4 is 11.8 Å². The maximum absolute atomic E-state index is 12.1. The zero-order valence-electron chi connectivity index (χ0n) is 12.0. The zero-order valence-corrected chi connectivity index (χ0v) is 12.0. The third-order valence-corrected chi connectivity index (χ3v) is 4.39. The number of rotatable bonds is 4. The predicted octanol–water partition coefficient (Wildman–Crippen LogP) is 1.82. The summed E-state index contributed by atoms with van der Waals surface area (Å²) < 4.78 is 0. The van der Waals surface area contributed by atoms with Crippen molar-refractivity contribution in [1.82, 2.24) is 10.2 Å². The van der Waals surface area contributed by atoms with Gasteiger partial charge in [0.05, 0.1) is 6.04 Å². The van der Waals surface area contributed by atoms with Crippen LogP contribution in [0.1, 0.15) is 30.0 Å². The third-order valence-electron chi connectivity index (χ3n) is 4.39. The molecule has 0 radical (unpaired) electrons. The van der Waals surface area contributed by atoms with Crippen LogP contribution < -0.4 is 5.32 Å². The van der Waals surface area contributed by atoms with Crippen molar-refractivity contribution in [2.24, 2.45) is 5.92 Å². The summed E-state index contributed by atoms with van der Waals surface area (Å²) in [4.78, 5) is 25.2. The lowest BCUT2D eigenvalue weighted by molar-refractivity contribution is -0.135. The highest BCUT2D eigenvalue weighted by Crippen LogP contribution is 2.31. The first kappa shape index (κ1) is 13.9. The Morgan fingerprint density at radius 2 is 2.10 bits per heavy atom. The molecule has 2 aliphatic rings. The molecule has 1 heterocycles. The molecule has 2 amide bonds. The van der Waals surface area contributed by atoms with E-state index in [1.165, 1.54) is 17.2 Å². The van der Waals surface area contributed by atoms with E-state index in [9.17, 15) is 9.59 Å². The van der Waals surface area contributed by atoms with Gasteiger partial charge in [0.2, 0.25) is 11.8 Å². The van der Waals surface area contributed by atoms with E-state index in [0.29, 0.717) is 19.5 Å². The molecule has 1 aromatic rings. The van der Waals surface area contributed by atoms with Gasteiger partial charge in [-0.1, -0.05) is 30.8 Å². The lowest BCUT2D eigenvalue weighted by Crippen LogP contribution is -2.50. The fourth-order valence-corrected chi connectivity index (χ4v) is 3.23. The Morgan fingerprint density at radius 1 is 1.33 bits per heavy atom. The van der Waals surface area contributed by atoms with Crippen LogP contribution >= 0.6 is 0 Å². The zero-order chi connectivity index (χ0) is 14.8. The number of carbonyl (C=O) groups excluding carboxylic acids is 2. The number of aryl methyl sites for hydroxylation is 1. The molecule has 1 aromatic carbocycles. The van der Waals surface area contributed by atoms with Crippen molar-refractivity contribution in [2.45, 2.75) is 25.3 Å². The molecular formula is C17H20N2O2. The van der Waals surface area contributed by atoms with Gasteiger partial charge in [0.25, 0.3) is 0 Å². The van der Waals surface area contributed by atoms with E-state index in [1.54, 1.807) is 4.90 Å². The van der Waals surface area contributed by atoms with Crippen molar-refractivity contribution in [3.05, 3.63) is 48.0 Å². The highest BCUT2D eigenvalue weighted by Gasteiger charge is 2.32. The topological polar surface area (TPSA) is 49.4 Å². The number of nitrogens with zero attached hydrogens (tertiary/aromatic N) is 1. The van der Waals surface area contributed by atoms with E-state index >= 15 is 0 Å². The van der Waals surface area contributed by atoms with Gasteiger partial charge in [-0.2, -0.15) is 0 Å². The Morgan fingerprint density at radius 3 is 2.86 bits per heavy atom. The minimum atomic E-state index is -0.0450. The lowest BCUT2D eigenvalue weighted by atomic mass is 9.95. The van der Waals surface area contributed by atoms with Gasteiger partial charge in [0.15, 0.2) is 0 Å². The molecule has 21 heavy (non-hydrogen) atoms. The molecule has 3 rings (SSSR count). The quantitative estimate of drug-likeness (QED) is 0.858. The Hall–Kier alpha value is -2.10. The van der Waals surface area contributed by atoms with Crippen LogP contribution in [0, 0.1) is 5.92 Å². The Balaban J connectivity index is 1.48. The Bertz CT molecular complexity index is 576. The molecule has 0 spiro atoms. The monoisotopic (exact) mass is 284 g/mol. The smallest absolute Gasteiger partial charge is 0.245 e. The fraction of sp³-hybridized carbons (Fsp3) is 0.412. The maximum atomic E-state index is 12.1. The van der Waals surface area contributed by atoms with E-state index in [2.05, 4.69) is 24.0 Å². The number of hydrogen-bond acceptors (Lipinski definition) is 2. The molecule has 0 saturated carbocycles. The second kappa shape index (κ2) is 5.72. The van der Waals surface area contributed by atoms with Gasteiger partial charge in [-0.05, 0) is 30.0 Å². The number of carbonyl (C=O) groups is 2. The normalized spacial score (nSPS) is 20.6. The van der Waals surface area contributed by atoms with Gasteiger partial charge < -0.3 is 10.2 Å². The van der Waals surface area contributed by atoms with Crippen molar-refractivity contribution in [3.63, 3.8) is 0 Å². The summed E-state index contributed by atoms with van der Waals surface area (Å²) in [6, 6.07) is 8.45. The average molecular weight is 284 g/mol. The summed E-state index contributed by atoms with van der Waals surface area (Å²) in [6.45, 7) is 4.80. The van der Waals surface area contributed by atoms with E-state index in [1.807, 2.05) is 12.1 Å². The van der Waals surface area contributed by atoms with Gasteiger partial charge in [0.1, 0.15) is 0 Å². The van der Waals surface area contributed by atoms with Crippen LogP contribution in [0.5, 0.6) is 0 Å². The van der Waals surface area contributed by atoms with Crippen molar-refractivity contribution in [2.75, 3.05) is 13.1 Å². The number of benzene rings is 1. The highest BCUT2D eigenvalue weighted by atomic mass is 16.2. The van der Waals surface area contributed by atoms with Crippen LogP contribution in [-0.4, -0.2) is 29.8 Å². The summed E-state index contributed by atoms with van der Waals surface area (Å²) in [6.07, 6.45) is 3.84. The van der Waals surface area contributed by atoms with Gasteiger partial charge in [-0.3, -0.25) is 9.59 Å². The van der Waals surface area contributed by atoms with Crippen LogP contribution in [0.4, 0.5) is 0 Å². The van der Waals surface area contributed by atoms with E-state index < -0.39 is 0 Å². The summed E-state index contributed by atoms with van der Waals surface area (Å²) in [5.74, 6) is 0.328. The first-order chi connectivity index (χ1) is 10.2. The summed E-state index contributed by atoms with van der Waals surface area (Å²) in [5.41, 5.74) is 2.59. The second-order valence-electron chi connectivity index (χ2n) is 5.88.